The third-order valence-electron chi connectivity index (χ3n) is 5.00. The first-order chi connectivity index (χ1) is 16.0. The van der Waals surface area contributed by atoms with Crippen molar-refractivity contribution in [2.75, 3.05) is 34.4 Å². The Balaban J connectivity index is 1.59. The molecule has 2 aromatic carbocycles. The van der Waals surface area contributed by atoms with Crippen LogP contribution in [0.15, 0.2) is 47.4 Å². The van der Waals surface area contributed by atoms with E-state index in [1.807, 2.05) is 30.3 Å². The minimum Gasteiger partial charge on any atom is -0.493 e. The molecule has 3 amide bonds. The van der Waals surface area contributed by atoms with Crippen molar-refractivity contribution in [3.05, 3.63) is 58.5 Å². The lowest BCUT2D eigenvalue weighted by Crippen LogP contribution is -2.37. The van der Waals surface area contributed by atoms with Gasteiger partial charge in [-0.1, -0.05) is 30.3 Å². The van der Waals surface area contributed by atoms with E-state index in [1.165, 1.54) is 21.3 Å². The van der Waals surface area contributed by atoms with Crippen LogP contribution >= 0.6 is 11.8 Å². The van der Waals surface area contributed by atoms with Gasteiger partial charge in [-0.15, -0.1) is 0 Å². The molecule has 3 rings (SSSR count). The molecule has 8 nitrogen and oxygen atoms in total. The Kier molecular flexibility index (Phi) is 8.37. The lowest BCUT2D eigenvalue weighted by Gasteiger charge is -2.13. The summed E-state index contributed by atoms with van der Waals surface area (Å²) in [7, 11) is 4.51. The molecule has 1 aliphatic rings. The van der Waals surface area contributed by atoms with E-state index < -0.39 is 5.91 Å². The smallest absolute Gasteiger partial charge is 0.293 e. The Hall–Kier alpha value is -3.46. The van der Waals surface area contributed by atoms with Gasteiger partial charge in [0.05, 0.1) is 26.2 Å². The molecule has 33 heavy (non-hydrogen) atoms. The number of nitrogens with zero attached hydrogens (tertiary/aromatic N) is 1. The number of thioether (sulfide) groups is 1. The monoisotopic (exact) mass is 470 g/mol. The van der Waals surface area contributed by atoms with Crippen LogP contribution in [0.5, 0.6) is 17.2 Å². The van der Waals surface area contributed by atoms with Crippen molar-refractivity contribution in [2.45, 2.75) is 12.8 Å². The van der Waals surface area contributed by atoms with Crippen LogP contribution in [0.1, 0.15) is 17.5 Å². The van der Waals surface area contributed by atoms with E-state index in [0.717, 1.165) is 22.2 Å². The van der Waals surface area contributed by atoms with Gasteiger partial charge < -0.3 is 19.5 Å². The number of nitrogens with one attached hydrogen (secondary N) is 1. The number of rotatable bonds is 10. The number of hydrogen-bond donors (Lipinski definition) is 1. The first kappa shape index (κ1) is 24.2. The lowest BCUT2D eigenvalue weighted by atomic mass is 10.1. The maximum absolute atomic E-state index is 12.8. The molecule has 0 saturated carbocycles. The van der Waals surface area contributed by atoms with E-state index in [0.29, 0.717) is 35.7 Å². The average molecular weight is 471 g/mol. The summed E-state index contributed by atoms with van der Waals surface area (Å²) in [5.41, 5.74) is 1.71. The fourth-order valence-corrected chi connectivity index (χ4v) is 4.19. The summed E-state index contributed by atoms with van der Waals surface area (Å²) in [5.74, 6) is 0.797. The summed E-state index contributed by atoms with van der Waals surface area (Å²) in [6.07, 6.45) is 2.58. The fourth-order valence-electron chi connectivity index (χ4n) is 3.33. The van der Waals surface area contributed by atoms with E-state index in [2.05, 4.69) is 5.32 Å². The standard InChI is InChI=1S/C24H26N2O6S/c1-30-18-13-17(14-19(31-2)22(18)32-3)15-20-23(28)26(24(29)33-20)12-11-25-21(27)10-9-16-7-5-4-6-8-16/h4-8,13-15H,9-12H2,1-3H3,(H,25,27)/b20-15+. The summed E-state index contributed by atoms with van der Waals surface area (Å²) in [6, 6.07) is 13.1. The minimum absolute atomic E-state index is 0.105. The first-order valence-corrected chi connectivity index (χ1v) is 11.1. The van der Waals surface area contributed by atoms with Crippen molar-refractivity contribution in [2.24, 2.45) is 0 Å². The quantitative estimate of drug-likeness (QED) is 0.531. The van der Waals surface area contributed by atoms with Crippen LogP contribution in [0.25, 0.3) is 6.08 Å². The zero-order valence-electron chi connectivity index (χ0n) is 18.8. The molecular weight excluding hydrogens is 444 g/mol. The predicted molar refractivity (Wildman–Crippen MR) is 127 cm³/mol. The molecule has 1 fully saturated rings. The van der Waals surface area contributed by atoms with Gasteiger partial charge in [0.25, 0.3) is 11.1 Å². The summed E-state index contributed by atoms with van der Waals surface area (Å²) < 4.78 is 16.0. The molecule has 0 bridgehead atoms. The van der Waals surface area contributed by atoms with Crippen molar-refractivity contribution in [3.8, 4) is 17.2 Å². The Morgan fingerprint density at radius 2 is 1.70 bits per heavy atom. The van der Waals surface area contributed by atoms with E-state index >= 15 is 0 Å². The maximum Gasteiger partial charge on any atom is 0.293 e. The summed E-state index contributed by atoms with van der Waals surface area (Å²) in [5, 5.41) is 2.39. The van der Waals surface area contributed by atoms with Crippen molar-refractivity contribution in [1.82, 2.24) is 10.2 Å². The van der Waals surface area contributed by atoms with Gasteiger partial charge in [0.15, 0.2) is 11.5 Å². The van der Waals surface area contributed by atoms with Gasteiger partial charge in [0.1, 0.15) is 0 Å². The summed E-state index contributed by atoms with van der Waals surface area (Å²) >= 11 is 0.853. The molecule has 1 aliphatic heterocycles. The van der Waals surface area contributed by atoms with Crippen LogP contribution in [0.2, 0.25) is 0 Å². The zero-order valence-corrected chi connectivity index (χ0v) is 19.6. The molecule has 1 heterocycles. The molecular formula is C24H26N2O6S. The van der Waals surface area contributed by atoms with Crippen molar-refractivity contribution in [1.29, 1.82) is 0 Å². The fraction of sp³-hybridized carbons (Fsp3) is 0.292. The molecule has 0 radical (unpaired) electrons. The molecule has 0 atom stereocenters. The van der Waals surface area contributed by atoms with Crippen molar-refractivity contribution in [3.63, 3.8) is 0 Å². The van der Waals surface area contributed by atoms with Crippen molar-refractivity contribution >= 4 is 34.9 Å². The Bertz CT molecular complexity index is 1030. The van der Waals surface area contributed by atoms with E-state index in [9.17, 15) is 14.4 Å². The van der Waals surface area contributed by atoms with Crippen LogP contribution in [0.3, 0.4) is 0 Å². The normalized spacial score (nSPS) is 14.5. The van der Waals surface area contributed by atoms with Crippen LogP contribution in [0.4, 0.5) is 4.79 Å². The van der Waals surface area contributed by atoms with Gasteiger partial charge in [-0.05, 0) is 47.5 Å². The second-order valence-electron chi connectivity index (χ2n) is 7.13. The first-order valence-electron chi connectivity index (χ1n) is 10.3. The third kappa shape index (κ3) is 6.07. The molecule has 0 spiro atoms. The number of hydrogen-bond acceptors (Lipinski definition) is 7. The van der Waals surface area contributed by atoms with Gasteiger partial charge in [-0.2, -0.15) is 0 Å². The molecule has 1 N–H and O–H groups in total. The highest BCUT2D eigenvalue weighted by molar-refractivity contribution is 8.18. The predicted octanol–water partition coefficient (Wildman–Crippen LogP) is 3.50. The zero-order chi connectivity index (χ0) is 23.8. The second kappa shape index (κ2) is 11.4. The van der Waals surface area contributed by atoms with Gasteiger partial charge in [-0.3, -0.25) is 19.3 Å². The van der Waals surface area contributed by atoms with Gasteiger partial charge in [0.2, 0.25) is 11.7 Å². The molecule has 9 heteroatoms. The Morgan fingerprint density at radius 3 is 2.30 bits per heavy atom. The largest absolute Gasteiger partial charge is 0.493 e. The molecule has 0 aromatic heterocycles. The van der Waals surface area contributed by atoms with Crippen LogP contribution in [0, 0.1) is 0 Å². The highest BCUT2D eigenvalue weighted by Gasteiger charge is 2.34. The van der Waals surface area contributed by atoms with Crippen LogP contribution < -0.4 is 19.5 Å². The number of methoxy groups -OCH3 is 3. The van der Waals surface area contributed by atoms with E-state index in [-0.39, 0.29) is 29.1 Å². The molecule has 0 unspecified atom stereocenters. The lowest BCUT2D eigenvalue weighted by molar-refractivity contribution is -0.124. The second-order valence-corrected chi connectivity index (χ2v) is 8.12. The average Bonchev–Trinajstić information content (AvgIpc) is 3.09. The van der Waals surface area contributed by atoms with Crippen molar-refractivity contribution < 1.29 is 28.6 Å². The van der Waals surface area contributed by atoms with E-state index in [1.54, 1.807) is 18.2 Å². The molecule has 1 saturated heterocycles. The number of imide groups is 1. The molecule has 174 valence electrons. The number of aryl methyl sites for hydroxylation is 1. The number of benzene rings is 2. The van der Waals surface area contributed by atoms with Gasteiger partial charge in [0, 0.05) is 19.5 Å². The summed E-state index contributed by atoms with van der Waals surface area (Å²) in [6.45, 7) is 0.303. The number of amides is 3. The van der Waals surface area contributed by atoms with Gasteiger partial charge in [-0.25, -0.2) is 0 Å². The SMILES string of the molecule is COc1cc(/C=C2/SC(=O)N(CCNC(=O)CCc3ccccc3)C2=O)cc(OC)c1OC. The number of ether oxygens (including phenoxy) is 3. The highest BCUT2D eigenvalue weighted by atomic mass is 32.2. The topological polar surface area (TPSA) is 94.2 Å². The number of carbonyl (C=O) groups excluding carboxylic acids is 3. The number of carbonyl (C=O) groups is 3. The minimum atomic E-state index is -0.405. The highest BCUT2D eigenvalue weighted by Crippen LogP contribution is 2.40. The molecule has 2 aromatic rings. The van der Waals surface area contributed by atoms with Crippen LogP contribution in [-0.4, -0.2) is 56.4 Å². The van der Waals surface area contributed by atoms with Gasteiger partial charge >= 0.3 is 0 Å². The third-order valence-corrected chi connectivity index (χ3v) is 5.91. The Morgan fingerprint density at radius 1 is 1.03 bits per heavy atom. The molecule has 0 aliphatic carbocycles. The van der Waals surface area contributed by atoms with E-state index in [4.69, 9.17) is 14.2 Å². The van der Waals surface area contributed by atoms with Crippen LogP contribution in [-0.2, 0) is 16.0 Å². The Labute approximate surface area is 196 Å². The summed E-state index contributed by atoms with van der Waals surface area (Å²) in [4.78, 5) is 38.6. The maximum atomic E-state index is 12.8.